The maximum absolute atomic E-state index is 11.3. The lowest BCUT2D eigenvalue weighted by Gasteiger charge is -2.03. The topological polar surface area (TPSA) is 108 Å². The third-order valence-corrected chi connectivity index (χ3v) is 2.16. The van der Waals surface area contributed by atoms with Gasteiger partial charge in [-0.1, -0.05) is 0 Å². The summed E-state index contributed by atoms with van der Waals surface area (Å²) in [7, 11) is 0. The van der Waals surface area contributed by atoms with E-state index in [1.807, 2.05) is 0 Å². The van der Waals surface area contributed by atoms with E-state index in [1.165, 1.54) is 32.0 Å². The minimum atomic E-state index is -0.179. The van der Waals surface area contributed by atoms with Gasteiger partial charge >= 0.3 is 0 Å². The molecule has 0 unspecified atom stereocenters. The van der Waals surface area contributed by atoms with Gasteiger partial charge in [-0.3, -0.25) is 14.9 Å². The number of benzene rings is 1. The molecule has 0 aromatic heterocycles. The highest BCUT2D eigenvalue weighted by molar-refractivity contribution is 6.01. The number of hydrogen-bond acceptors (Lipinski definition) is 4. The van der Waals surface area contributed by atoms with E-state index in [4.69, 9.17) is 11.0 Å². The molecular formula is C12H12N4O2. The quantitative estimate of drug-likeness (QED) is 0.272. The van der Waals surface area contributed by atoms with Gasteiger partial charge in [0.2, 0.25) is 5.96 Å². The van der Waals surface area contributed by atoms with E-state index >= 15 is 0 Å². The van der Waals surface area contributed by atoms with Crippen LogP contribution in [0.5, 0.6) is 0 Å². The lowest BCUT2D eigenvalue weighted by molar-refractivity contribution is 0.101. The standard InChI is InChI=1S/C12H12N4O2/c1-7(17)9-3-10(8(2)18)5-11(4-9)16-12(14)15-6-13/h3-5H,1-2H3,(H3,14,15,16). The molecule has 0 radical (unpaired) electrons. The number of carbonyl (C=O) groups excluding carboxylic acids is 2. The Bertz CT molecular complexity index is 538. The Morgan fingerprint density at radius 3 is 2.11 bits per heavy atom. The van der Waals surface area contributed by atoms with Crippen LogP contribution in [0.4, 0.5) is 5.69 Å². The van der Waals surface area contributed by atoms with E-state index in [0.717, 1.165) is 0 Å². The van der Waals surface area contributed by atoms with Crippen LogP contribution in [0.1, 0.15) is 34.6 Å². The normalized spacial score (nSPS) is 10.6. The molecule has 0 atom stereocenters. The van der Waals surface area contributed by atoms with E-state index in [9.17, 15) is 9.59 Å². The van der Waals surface area contributed by atoms with Crippen molar-refractivity contribution < 1.29 is 9.59 Å². The van der Waals surface area contributed by atoms with Gasteiger partial charge in [-0.05, 0) is 32.0 Å². The predicted octanol–water partition coefficient (Wildman–Crippen LogP) is 1.11. The molecule has 0 aliphatic carbocycles. The van der Waals surface area contributed by atoms with Gasteiger partial charge in [-0.25, -0.2) is 4.99 Å². The van der Waals surface area contributed by atoms with E-state index in [0.29, 0.717) is 16.8 Å². The molecule has 0 fully saturated rings. The van der Waals surface area contributed by atoms with Crippen molar-refractivity contribution in [2.75, 3.05) is 0 Å². The van der Waals surface area contributed by atoms with Crippen LogP contribution in [0, 0.1) is 11.5 Å². The molecule has 0 spiro atoms. The predicted molar refractivity (Wildman–Crippen MR) is 66.5 cm³/mol. The van der Waals surface area contributed by atoms with Gasteiger partial charge in [-0.15, -0.1) is 0 Å². The monoisotopic (exact) mass is 244 g/mol. The highest BCUT2D eigenvalue weighted by Gasteiger charge is 2.07. The summed E-state index contributed by atoms with van der Waals surface area (Å²) in [5, 5.41) is 10.5. The molecule has 92 valence electrons. The molecule has 0 saturated carbocycles. The largest absolute Gasteiger partial charge is 0.369 e. The zero-order valence-corrected chi connectivity index (χ0v) is 10.0. The Hall–Kier alpha value is -2.68. The Balaban J connectivity index is 3.28. The SMILES string of the molecule is CC(=O)c1cc(N=C(N)NC#N)cc(C(C)=O)c1. The summed E-state index contributed by atoms with van der Waals surface area (Å²) in [6, 6.07) is 4.50. The van der Waals surface area contributed by atoms with Crippen molar-refractivity contribution in [2.24, 2.45) is 10.7 Å². The van der Waals surface area contributed by atoms with Crippen LogP contribution >= 0.6 is 0 Å². The number of rotatable bonds is 3. The number of nitrogens with two attached hydrogens (primary N) is 1. The number of aliphatic imine (C=N–C) groups is 1. The van der Waals surface area contributed by atoms with Gasteiger partial charge in [0.15, 0.2) is 17.8 Å². The summed E-state index contributed by atoms with van der Waals surface area (Å²) in [5.74, 6) is -0.463. The van der Waals surface area contributed by atoms with Crippen LogP contribution in [-0.2, 0) is 0 Å². The van der Waals surface area contributed by atoms with Gasteiger partial charge in [0.05, 0.1) is 5.69 Å². The van der Waals surface area contributed by atoms with Crippen molar-refractivity contribution in [3.63, 3.8) is 0 Å². The molecule has 18 heavy (non-hydrogen) atoms. The van der Waals surface area contributed by atoms with Gasteiger partial charge in [-0.2, -0.15) is 5.26 Å². The first kappa shape index (κ1) is 13.4. The molecule has 3 N–H and O–H groups in total. The van der Waals surface area contributed by atoms with Crippen LogP contribution in [0.2, 0.25) is 0 Å². The molecule has 1 aromatic rings. The van der Waals surface area contributed by atoms with Crippen molar-refractivity contribution in [1.29, 1.82) is 5.26 Å². The second kappa shape index (κ2) is 5.59. The van der Waals surface area contributed by atoms with Crippen LogP contribution in [0.15, 0.2) is 23.2 Å². The Morgan fingerprint density at radius 2 is 1.72 bits per heavy atom. The average molecular weight is 244 g/mol. The number of nitrogens with one attached hydrogen (secondary N) is 1. The average Bonchev–Trinajstić information content (AvgIpc) is 2.28. The number of hydrogen-bond donors (Lipinski definition) is 2. The maximum atomic E-state index is 11.3. The highest BCUT2D eigenvalue weighted by Crippen LogP contribution is 2.18. The van der Waals surface area contributed by atoms with Crippen molar-refractivity contribution in [1.82, 2.24) is 5.32 Å². The first-order valence-electron chi connectivity index (χ1n) is 5.10. The summed E-state index contributed by atoms with van der Waals surface area (Å²) >= 11 is 0. The van der Waals surface area contributed by atoms with E-state index in [2.05, 4.69) is 10.3 Å². The zero-order chi connectivity index (χ0) is 13.7. The summed E-state index contributed by atoms with van der Waals surface area (Å²) in [6.07, 6.45) is 1.62. The smallest absolute Gasteiger partial charge is 0.207 e. The molecule has 1 aromatic carbocycles. The molecule has 0 heterocycles. The molecule has 0 saturated heterocycles. The number of nitriles is 1. The third kappa shape index (κ3) is 3.42. The Labute approximate surface area is 104 Å². The second-order valence-corrected chi connectivity index (χ2v) is 3.61. The number of Topliss-reactive ketones (excluding diaryl/α,β-unsaturated/α-hetero) is 2. The van der Waals surface area contributed by atoms with Crippen LogP contribution in [-0.4, -0.2) is 17.5 Å². The molecule has 6 nitrogen and oxygen atoms in total. The minimum absolute atomic E-state index is 0.104. The lowest BCUT2D eigenvalue weighted by atomic mass is 10.0. The van der Waals surface area contributed by atoms with Gasteiger partial charge < -0.3 is 5.73 Å². The summed E-state index contributed by atoms with van der Waals surface area (Å²) in [5.41, 5.74) is 6.49. The summed E-state index contributed by atoms with van der Waals surface area (Å²) in [6.45, 7) is 2.78. The fraction of sp³-hybridized carbons (Fsp3) is 0.167. The number of nitrogens with zero attached hydrogens (tertiary/aromatic N) is 2. The van der Waals surface area contributed by atoms with Crippen LogP contribution in [0.25, 0.3) is 0 Å². The highest BCUT2D eigenvalue weighted by atomic mass is 16.1. The van der Waals surface area contributed by atoms with Crippen molar-refractivity contribution in [2.45, 2.75) is 13.8 Å². The van der Waals surface area contributed by atoms with Crippen molar-refractivity contribution >= 4 is 23.2 Å². The second-order valence-electron chi connectivity index (χ2n) is 3.61. The summed E-state index contributed by atoms with van der Waals surface area (Å²) < 4.78 is 0. The van der Waals surface area contributed by atoms with E-state index < -0.39 is 0 Å². The van der Waals surface area contributed by atoms with E-state index in [1.54, 1.807) is 6.19 Å². The zero-order valence-electron chi connectivity index (χ0n) is 10.0. The van der Waals surface area contributed by atoms with E-state index in [-0.39, 0.29) is 17.5 Å². The first-order valence-corrected chi connectivity index (χ1v) is 5.10. The lowest BCUT2D eigenvalue weighted by Crippen LogP contribution is -2.26. The van der Waals surface area contributed by atoms with Crippen molar-refractivity contribution in [3.05, 3.63) is 29.3 Å². The molecule has 0 amide bonds. The molecule has 0 aliphatic rings. The van der Waals surface area contributed by atoms with Crippen LogP contribution in [0.3, 0.4) is 0 Å². The number of carbonyl (C=O) groups is 2. The number of ketones is 2. The Morgan fingerprint density at radius 1 is 1.22 bits per heavy atom. The summed E-state index contributed by atoms with van der Waals surface area (Å²) in [4.78, 5) is 26.5. The first-order chi connectivity index (χ1) is 8.43. The maximum Gasteiger partial charge on any atom is 0.207 e. The molecule has 1 rings (SSSR count). The van der Waals surface area contributed by atoms with Gasteiger partial charge in [0, 0.05) is 11.1 Å². The third-order valence-electron chi connectivity index (χ3n) is 2.16. The molecule has 0 bridgehead atoms. The fourth-order valence-corrected chi connectivity index (χ4v) is 1.31. The number of guanidine groups is 1. The fourth-order valence-electron chi connectivity index (χ4n) is 1.31. The molecule has 6 heteroatoms. The Kier molecular flexibility index (Phi) is 4.16. The minimum Gasteiger partial charge on any atom is -0.369 e. The van der Waals surface area contributed by atoms with Gasteiger partial charge in [0.1, 0.15) is 0 Å². The molecular weight excluding hydrogens is 232 g/mol. The van der Waals surface area contributed by atoms with Crippen molar-refractivity contribution in [3.8, 4) is 6.19 Å². The van der Waals surface area contributed by atoms with Crippen LogP contribution < -0.4 is 11.1 Å². The van der Waals surface area contributed by atoms with Gasteiger partial charge in [0.25, 0.3) is 0 Å². The molecule has 0 aliphatic heterocycles.